The van der Waals surface area contributed by atoms with Crippen molar-refractivity contribution in [1.82, 2.24) is 24.7 Å². The molecule has 21 heavy (non-hydrogen) atoms. The molecule has 0 bridgehead atoms. The predicted molar refractivity (Wildman–Crippen MR) is 82.3 cm³/mol. The van der Waals surface area contributed by atoms with E-state index in [1.54, 1.807) is 0 Å². The molecule has 0 saturated carbocycles. The molecule has 1 N–H and O–H groups in total. The zero-order valence-corrected chi connectivity index (χ0v) is 13.5. The van der Waals surface area contributed by atoms with Crippen LogP contribution >= 0.6 is 11.5 Å². The zero-order chi connectivity index (χ0) is 14.8. The van der Waals surface area contributed by atoms with E-state index in [2.05, 4.69) is 26.7 Å². The van der Waals surface area contributed by atoms with Crippen LogP contribution < -0.4 is 5.32 Å². The molecule has 2 unspecified atom stereocenters. The van der Waals surface area contributed by atoms with E-state index < -0.39 is 0 Å². The van der Waals surface area contributed by atoms with Crippen molar-refractivity contribution in [3.63, 3.8) is 0 Å². The van der Waals surface area contributed by atoms with Gasteiger partial charge in [0.1, 0.15) is 0 Å². The molecule has 1 aromatic heterocycles. The van der Waals surface area contributed by atoms with Crippen LogP contribution in [0.2, 0.25) is 0 Å². The lowest BCUT2D eigenvalue weighted by Gasteiger charge is -2.24. The normalized spacial score (nSPS) is 26.5. The van der Waals surface area contributed by atoms with Gasteiger partial charge in [0.2, 0.25) is 0 Å². The van der Waals surface area contributed by atoms with Gasteiger partial charge in [0.15, 0.2) is 0 Å². The number of rotatable bonds is 3. The van der Waals surface area contributed by atoms with Crippen LogP contribution in [0.4, 0.5) is 4.79 Å². The van der Waals surface area contributed by atoms with Gasteiger partial charge in [-0.15, -0.1) is 5.10 Å². The number of aryl methyl sites for hydroxylation is 1. The summed E-state index contributed by atoms with van der Waals surface area (Å²) in [4.78, 5) is 17.9. The van der Waals surface area contributed by atoms with Crippen LogP contribution in [0.25, 0.3) is 0 Å². The summed E-state index contributed by atoms with van der Waals surface area (Å²) < 4.78 is 3.90. The fraction of sp³-hybridized carbons (Fsp3) is 0.786. The SMILES string of the molecule is Cc1nnsc1CNC(=O)N1CC(N2CCCC2)CC1C. The van der Waals surface area contributed by atoms with Gasteiger partial charge in [-0.3, -0.25) is 4.90 Å². The maximum Gasteiger partial charge on any atom is 0.317 e. The molecule has 2 amide bonds. The fourth-order valence-corrected chi connectivity index (χ4v) is 3.90. The Morgan fingerprint density at radius 2 is 2.19 bits per heavy atom. The molecule has 2 aliphatic heterocycles. The van der Waals surface area contributed by atoms with E-state index in [4.69, 9.17) is 0 Å². The number of hydrogen-bond donors (Lipinski definition) is 1. The molecule has 0 radical (unpaired) electrons. The van der Waals surface area contributed by atoms with Gasteiger partial charge in [0.05, 0.1) is 17.1 Å². The fourth-order valence-electron chi connectivity index (χ4n) is 3.33. The van der Waals surface area contributed by atoms with Crippen molar-refractivity contribution >= 4 is 17.6 Å². The molecular formula is C14H23N5OS. The van der Waals surface area contributed by atoms with Gasteiger partial charge in [-0.05, 0) is 57.7 Å². The second-order valence-electron chi connectivity index (χ2n) is 6.07. The summed E-state index contributed by atoms with van der Waals surface area (Å²) in [5.74, 6) is 0. The highest BCUT2D eigenvalue weighted by molar-refractivity contribution is 7.05. The van der Waals surface area contributed by atoms with E-state index in [1.807, 2.05) is 11.8 Å². The van der Waals surface area contributed by atoms with E-state index in [0.717, 1.165) is 23.5 Å². The average molecular weight is 309 g/mol. The quantitative estimate of drug-likeness (QED) is 0.921. The number of carbonyl (C=O) groups excluding carboxylic acids is 1. The second-order valence-corrected chi connectivity index (χ2v) is 6.91. The minimum atomic E-state index is 0.0389. The number of likely N-dealkylation sites (tertiary alicyclic amines) is 2. The van der Waals surface area contributed by atoms with Crippen molar-refractivity contribution in [2.75, 3.05) is 19.6 Å². The van der Waals surface area contributed by atoms with Crippen molar-refractivity contribution < 1.29 is 4.79 Å². The molecule has 0 spiro atoms. The van der Waals surface area contributed by atoms with Crippen LogP contribution in [0.3, 0.4) is 0 Å². The minimum Gasteiger partial charge on any atom is -0.333 e. The Hall–Kier alpha value is -1.21. The Morgan fingerprint density at radius 1 is 1.43 bits per heavy atom. The van der Waals surface area contributed by atoms with Gasteiger partial charge in [0.25, 0.3) is 0 Å². The van der Waals surface area contributed by atoms with E-state index in [9.17, 15) is 4.79 Å². The lowest BCUT2D eigenvalue weighted by molar-refractivity contribution is 0.189. The van der Waals surface area contributed by atoms with Gasteiger partial charge < -0.3 is 10.2 Å². The number of urea groups is 1. The molecule has 6 nitrogen and oxygen atoms in total. The standard InChI is InChI=1S/C14H23N5OS/c1-10-7-12(18-5-3-4-6-18)9-19(10)14(20)15-8-13-11(2)16-17-21-13/h10,12H,3-9H2,1-2H3,(H,15,20). The van der Waals surface area contributed by atoms with Crippen molar-refractivity contribution in [3.05, 3.63) is 10.6 Å². The van der Waals surface area contributed by atoms with Crippen LogP contribution in [-0.4, -0.2) is 57.1 Å². The zero-order valence-electron chi connectivity index (χ0n) is 12.7. The monoisotopic (exact) mass is 309 g/mol. The number of hydrogen-bond acceptors (Lipinski definition) is 5. The van der Waals surface area contributed by atoms with E-state index in [0.29, 0.717) is 18.6 Å². The smallest absolute Gasteiger partial charge is 0.317 e. The topological polar surface area (TPSA) is 61.4 Å². The highest BCUT2D eigenvalue weighted by Crippen LogP contribution is 2.25. The Balaban J connectivity index is 1.53. The lowest BCUT2D eigenvalue weighted by atomic mass is 10.2. The van der Waals surface area contributed by atoms with Gasteiger partial charge in [-0.25, -0.2) is 4.79 Å². The van der Waals surface area contributed by atoms with Crippen molar-refractivity contribution in [3.8, 4) is 0 Å². The van der Waals surface area contributed by atoms with Crippen molar-refractivity contribution in [1.29, 1.82) is 0 Å². The molecule has 2 fully saturated rings. The third kappa shape index (κ3) is 3.18. The minimum absolute atomic E-state index is 0.0389. The summed E-state index contributed by atoms with van der Waals surface area (Å²) >= 11 is 1.35. The number of carbonyl (C=O) groups is 1. The van der Waals surface area contributed by atoms with Crippen LogP contribution in [-0.2, 0) is 6.54 Å². The molecule has 2 saturated heterocycles. The van der Waals surface area contributed by atoms with Gasteiger partial charge in [-0.1, -0.05) is 4.49 Å². The van der Waals surface area contributed by atoms with Crippen LogP contribution in [0.15, 0.2) is 0 Å². The summed E-state index contributed by atoms with van der Waals surface area (Å²) in [5.41, 5.74) is 0.907. The molecule has 2 atom stereocenters. The first kappa shape index (κ1) is 14.7. The largest absolute Gasteiger partial charge is 0.333 e. The van der Waals surface area contributed by atoms with E-state index in [1.165, 1.54) is 37.5 Å². The lowest BCUT2D eigenvalue weighted by Crippen LogP contribution is -2.43. The van der Waals surface area contributed by atoms with Crippen LogP contribution in [0, 0.1) is 6.92 Å². The Morgan fingerprint density at radius 3 is 2.86 bits per heavy atom. The van der Waals surface area contributed by atoms with E-state index >= 15 is 0 Å². The van der Waals surface area contributed by atoms with Gasteiger partial charge in [-0.2, -0.15) is 0 Å². The maximum atomic E-state index is 12.4. The molecule has 2 aliphatic rings. The molecular weight excluding hydrogens is 286 g/mol. The molecule has 0 aliphatic carbocycles. The highest BCUT2D eigenvalue weighted by Gasteiger charge is 2.36. The van der Waals surface area contributed by atoms with Gasteiger partial charge in [0, 0.05) is 18.6 Å². The summed E-state index contributed by atoms with van der Waals surface area (Å²) in [6.07, 6.45) is 3.69. The Kier molecular flexibility index (Phi) is 4.40. The molecule has 3 heterocycles. The first-order valence-corrected chi connectivity index (χ1v) is 8.49. The molecule has 3 rings (SSSR count). The summed E-state index contributed by atoms with van der Waals surface area (Å²) in [7, 11) is 0. The first-order chi connectivity index (χ1) is 10.1. The maximum absolute atomic E-state index is 12.4. The highest BCUT2D eigenvalue weighted by atomic mass is 32.1. The van der Waals surface area contributed by atoms with E-state index in [-0.39, 0.29) is 6.03 Å². The predicted octanol–water partition coefficient (Wildman–Crippen LogP) is 1.61. The number of amides is 2. The van der Waals surface area contributed by atoms with Gasteiger partial charge >= 0.3 is 6.03 Å². The Labute approximate surface area is 129 Å². The number of nitrogens with zero attached hydrogens (tertiary/aromatic N) is 4. The molecule has 0 aromatic carbocycles. The number of aromatic nitrogens is 2. The van der Waals surface area contributed by atoms with Crippen molar-refractivity contribution in [2.24, 2.45) is 0 Å². The summed E-state index contributed by atoms with van der Waals surface area (Å²) in [5, 5.41) is 6.98. The summed E-state index contributed by atoms with van der Waals surface area (Å²) in [6.45, 7) is 7.84. The summed E-state index contributed by atoms with van der Waals surface area (Å²) in [6, 6.07) is 0.897. The third-order valence-electron chi connectivity index (χ3n) is 4.62. The van der Waals surface area contributed by atoms with Crippen LogP contribution in [0.1, 0.15) is 36.8 Å². The van der Waals surface area contributed by atoms with Crippen molar-refractivity contribution in [2.45, 2.75) is 51.7 Å². The third-order valence-corrected chi connectivity index (χ3v) is 5.44. The molecule has 116 valence electrons. The molecule has 7 heteroatoms. The first-order valence-electron chi connectivity index (χ1n) is 7.71. The van der Waals surface area contributed by atoms with Crippen LogP contribution in [0.5, 0.6) is 0 Å². The Bertz CT molecular complexity index is 499. The molecule has 1 aromatic rings. The number of nitrogens with one attached hydrogen (secondary N) is 1. The second kappa shape index (κ2) is 6.27. The average Bonchev–Trinajstić information content (AvgIpc) is 3.16.